The van der Waals surface area contributed by atoms with Crippen LogP contribution in [0.2, 0.25) is 0 Å². The summed E-state index contributed by atoms with van der Waals surface area (Å²) in [7, 11) is 0. The average Bonchev–Trinajstić information content (AvgIpc) is 1.82. The van der Waals surface area contributed by atoms with E-state index in [-0.39, 0.29) is 6.54 Å². The highest BCUT2D eigenvalue weighted by Gasteiger charge is 2.25. The maximum Gasteiger partial charge on any atom is 0.419 e. The van der Waals surface area contributed by atoms with Gasteiger partial charge in [0.05, 0.1) is 0 Å². The number of carbonyl (C=O) groups excluding carboxylic acids is 1. The molecule has 5 heteroatoms. The van der Waals surface area contributed by atoms with Gasteiger partial charge < -0.3 is 9.84 Å². The monoisotopic (exact) mass is 189 g/mol. The first-order chi connectivity index (χ1) is 5.78. The predicted octanol–water partition coefficient (Wildman–Crippen LogP) is 1.92. The molecule has 76 valence electrons. The van der Waals surface area contributed by atoms with Gasteiger partial charge >= 0.3 is 12.2 Å². The van der Waals surface area contributed by atoms with Crippen LogP contribution in [-0.4, -0.2) is 34.3 Å². The molecule has 0 aromatic carbocycles. The number of hydrogen-bond donors (Lipinski definition) is 1. The number of carbonyl (C=O) groups is 2. The fraction of sp³-hybridized carbons (Fsp3) is 0.750. The van der Waals surface area contributed by atoms with Crippen LogP contribution in [-0.2, 0) is 4.74 Å². The third-order valence-electron chi connectivity index (χ3n) is 1.16. The molecule has 0 atom stereocenters. The van der Waals surface area contributed by atoms with Gasteiger partial charge in [-0.2, -0.15) is 0 Å². The molecule has 0 aliphatic carbocycles. The Morgan fingerprint density at radius 3 is 2.08 bits per heavy atom. The van der Waals surface area contributed by atoms with Gasteiger partial charge in [0.15, 0.2) is 0 Å². The number of amides is 2. The Morgan fingerprint density at radius 1 is 1.38 bits per heavy atom. The van der Waals surface area contributed by atoms with Crippen molar-refractivity contribution in [2.45, 2.75) is 33.3 Å². The van der Waals surface area contributed by atoms with E-state index < -0.39 is 17.8 Å². The Bertz CT molecular complexity index is 207. The Balaban J connectivity index is 4.32. The molecule has 5 nitrogen and oxygen atoms in total. The van der Waals surface area contributed by atoms with Gasteiger partial charge in [0.25, 0.3) is 0 Å². The summed E-state index contributed by atoms with van der Waals surface area (Å²) in [6.07, 6.45) is -2.13. The smallest absolute Gasteiger partial charge is 0.419 e. The van der Waals surface area contributed by atoms with Gasteiger partial charge in [-0.25, -0.2) is 14.5 Å². The number of ether oxygens (including phenoxy) is 1. The fourth-order valence-corrected chi connectivity index (χ4v) is 0.659. The Labute approximate surface area is 77.3 Å². The van der Waals surface area contributed by atoms with E-state index in [1.165, 1.54) is 0 Å². The van der Waals surface area contributed by atoms with Crippen molar-refractivity contribution in [3.05, 3.63) is 0 Å². The van der Waals surface area contributed by atoms with Crippen LogP contribution < -0.4 is 0 Å². The molecule has 0 aliphatic heterocycles. The minimum absolute atomic E-state index is 0.0875. The summed E-state index contributed by atoms with van der Waals surface area (Å²) < 4.78 is 4.86. The number of hydrogen-bond acceptors (Lipinski definition) is 3. The van der Waals surface area contributed by atoms with Gasteiger partial charge in [-0.3, -0.25) is 0 Å². The Hall–Kier alpha value is -1.26. The second-order valence-corrected chi connectivity index (χ2v) is 3.51. The minimum atomic E-state index is -1.29. The lowest BCUT2D eigenvalue weighted by Gasteiger charge is -2.23. The van der Waals surface area contributed by atoms with Crippen LogP contribution in [0.3, 0.4) is 0 Å². The van der Waals surface area contributed by atoms with Crippen LogP contribution in [0.1, 0.15) is 27.7 Å². The topological polar surface area (TPSA) is 66.8 Å². The molecular weight excluding hydrogens is 174 g/mol. The van der Waals surface area contributed by atoms with Gasteiger partial charge in [0.2, 0.25) is 0 Å². The molecule has 0 aromatic heterocycles. The average molecular weight is 189 g/mol. The second-order valence-electron chi connectivity index (χ2n) is 3.51. The molecule has 0 radical (unpaired) electrons. The van der Waals surface area contributed by atoms with E-state index in [1.54, 1.807) is 27.7 Å². The molecule has 0 rings (SSSR count). The van der Waals surface area contributed by atoms with Crippen molar-refractivity contribution in [2.75, 3.05) is 6.54 Å². The van der Waals surface area contributed by atoms with Crippen LogP contribution in [0.25, 0.3) is 0 Å². The van der Waals surface area contributed by atoms with Crippen molar-refractivity contribution < 1.29 is 19.4 Å². The van der Waals surface area contributed by atoms with Crippen LogP contribution in [0, 0.1) is 0 Å². The molecule has 0 saturated heterocycles. The number of imide groups is 1. The standard InChI is InChI=1S/C8H15NO4/c1-5-9(6(10)11)7(12)13-8(2,3)4/h5H2,1-4H3,(H,10,11). The molecular formula is C8H15NO4. The van der Waals surface area contributed by atoms with Crippen molar-refractivity contribution in [2.24, 2.45) is 0 Å². The molecule has 0 aliphatic rings. The summed E-state index contributed by atoms with van der Waals surface area (Å²) in [4.78, 5) is 22.3. The summed E-state index contributed by atoms with van der Waals surface area (Å²) in [6, 6.07) is 0. The lowest BCUT2D eigenvalue weighted by molar-refractivity contribution is 0.0279. The van der Waals surface area contributed by atoms with E-state index in [0.717, 1.165) is 0 Å². The van der Waals surface area contributed by atoms with Crippen molar-refractivity contribution in [3.63, 3.8) is 0 Å². The first kappa shape index (κ1) is 11.7. The quantitative estimate of drug-likeness (QED) is 0.684. The molecule has 0 spiro atoms. The SMILES string of the molecule is CCN(C(=O)O)C(=O)OC(C)(C)C. The maximum atomic E-state index is 11.2. The van der Waals surface area contributed by atoms with Gasteiger partial charge in [-0.15, -0.1) is 0 Å². The summed E-state index contributed by atoms with van der Waals surface area (Å²) in [6.45, 7) is 6.70. The molecule has 1 N–H and O–H groups in total. The molecule has 0 fully saturated rings. The summed E-state index contributed by atoms with van der Waals surface area (Å²) in [5, 5.41) is 8.57. The highest BCUT2D eigenvalue weighted by Crippen LogP contribution is 2.09. The Kier molecular flexibility index (Phi) is 3.71. The van der Waals surface area contributed by atoms with Gasteiger partial charge in [-0.1, -0.05) is 0 Å². The van der Waals surface area contributed by atoms with E-state index in [9.17, 15) is 9.59 Å². The summed E-state index contributed by atoms with van der Waals surface area (Å²) in [5.74, 6) is 0. The second kappa shape index (κ2) is 4.11. The first-order valence-electron chi connectivity index (χ1n) is 4.01. The number of carboxylic acid groups (broad SMARTS) is 1. The van der Waals surface area contributed by atoms with Crippen molar-refractivity contribution in [3.8, 4) is 0 Å². The molecule has 13 heavy (non-hydrogen) atoms. The zero-order chi connectivity index (χ0) is 10.6. The van der Waals surface area contributed by atoms with E-state index in [2.05, 4.69) is 0 Å². The molecule has 0 saturated carbocycles. The van der Waals surface area contributed by atoms with Gasteiger partial charge in [-0.05, 0) is 27.7 Å². The lowest BCUT2D eigenvalue weighted by Crippen LogP contribution is -2.39. The van der Waals surface area contributed by atoms with Gasteiger partial charge in [0, 0.05) is 6.54 Å². The van der Waals surface area contributed by atoms with E-state index in [0.29, 0.717) is 4.90 Å². The predicted molar refractivity (Wildman–Crippen MR) is 46.6 cm³/mol. The van der Waals surface area contributed by atoms with E-state index in [4.69, 9.17) is 9.84 Å². The third-order valence-corrected chi connectivity index (χ3v) is 1.16. The van der Waals surface area contributed by atoms with Crippen molar-refractivity contribution in [1.82, 2.24) is 4.90 Å². The van der Waals surface area contributed by atoms with Crippen molar-refractivity contribution >= 4 is 12.2 Å². The summed E-state index contributed by atoms with van der Waals surface area (Å²) in [5.41, 5.74) is -0.667. The number of rotatable bonds is 1. The van der Waals surface area contributed by atoms with Crippen LogP contribution in [0.4, 0.5) is 9.59 Å². The minimum Gasteiger partial charge on any atom is -0.465 e. The number of nitrogens with zero attached hydrogens (tertiary/aromatic N) is 1. The summed E-state index contributed by atoms with van der Waals surface area (Å²) >= 11 is 0. The molecule has 2 amide bonds. The van der Waals surface area contributed by atoms with Crippen LogP contribution >= 0.6 is 0 Å². The van der Waals surface area contributed by atoms with Crippen LogP contribution in [0.5, 0.6) is 0 Å². The molecule has 0 unspecified atom stereocenters. The van der Waals surface area contributed by atoms with Crippen molar-refractivity contribution in [1.29, 1.82) is 0 Å². The van der Waals surface area contributed by atoms with Gasteiger partial charge in [0.1, 0.15) is 5.60 Å². The zero-order valence-corrected chi connectivity index (χ0v) is 8.33. The fourth-order valence-electron chi connectivity index (χ4n) is 0.659. The van der Waals surface area contributed by atoms with E-state index >= 15 is 0 Å². The molecule has 0 aromatic rings. The van der Waals surface area contributed by atoms with E-state index in [1.807, 2.05) is 0 Å². The molecule has 0 bridgehead atoms. The highest BCUT2D eigenvalue weighted by atomic mass is 16.6. The van der Waals surface area contributed by atoms with Crippen LogP contribution in [0.15, 0.2) is 0 Å². The normalized spacial score (nSPS) is 10.8. The molecule has 0 heterocycles. The Morgan fingerprint density at radius 2 is 1.85 bits per heavy atom. The largest absolute Gasteiger partial charge is 0.465 e. The third kappa shape index (κ3) is 4.35. The lowest BCUT2D eigenvalue weighted by atomic mass is 10.2. The highest BCUT2D eigenvalue weighted by molar-refractivity contribution is 5.86. The zero-order valence-electron chi connectivity index (χ0n) is 8.33. The maximum absolute atomic E-state index is 11.2. The first-order valence-corrected chi connectivity index (χ1v) is 4.01.